The van der Waals surface area contributed by atoms with E-state index in [-0.39, 0.29) is 0 Å². The number of piperazine rings is 1. The van der Waals surface area contributed by atoms with Crippen molar-refractivity contribution in [3.05, 3.63) is 20.8 Å². The molecule has 0 spiro atoms. The van der Waals surface area contributed by atoms with Crippen LogP contribution in [0.3, 0.4) is 0 Å². The molecule has 15 heavy (non-hydrogen) atoms. The van der Waals surface area contributed by atoms with E-state index in [4.69, 9.17) is 0 Å². The first kappa shape index (κ1) is 11.6. The van der Waals surface area contributed by atoms with E-state index in [0.29, 0.717) is 12.1 Å². The predicted molar refractivity (Wildman–Crippen MR) is 69.4 cm³/mol. The van der Waals surface area contributed by atoms with Crippen molar-refractivity contribution < 1.29 is 0 Å². The molecule has 2 nitrogen and oxygen atoms in total. The van der Waals surface area contributed by atoms with Gasteiger partial charge in [-0.15, -0.1) is 11.3 Å². The van der Waals surface area contributed by atoms with E-state index in [2.05, 4.69) is 51.4 Å². The van der Waals surface area contributed by atoms with Crippen LogP contribution < -0.4 is 5.32 Å². The summed E-state index contributed by atoms with van der Waals surface area (Å²) < 4.78 is 1.26. The van der Waals surface area contributed by atoms with Crippen LogP contribution in [0.25, 0.3) is 0 Å². The Labute approximate surface area is 104 Å². The summed E-state index contributed by atoms with van der Waals surface area (Å²) in [7, 11) is 0. The minimum absolute atomic E-state index is 0.628. The van der Waals surface area contributed by atoms with Gasteiger partial charge in [-0.05, 0) is 41.2 Å². The zero-order chi connectivity index (χ0) is 10.8. The minimum Gasteiger partial charge on any atom is -0.314 e. The smallest absolute Gasteiger partial charge is 0.0346 e. The fourth-order valence-corrected chi connectivity index (χ4v) is 3.57. The Morgan fingerprint density at radius 3 is 2.67 bits per heavy atom. The Kier molecular flexibility index (Phi) is 3.83. The van der Waals surface area contributed by atoms with Gasteiger partial charge >= 0.3 is 0 Å². The number of thiophene rings is 1. The van der Waals surface area contributed by atoms with Gasteiger partial charge in [0.2, 0.25) is 0 Å². The molecule has 2 heterocycles. The fraction of sp³-hybridized carbons (Fsp3) is 0.636. The van der Waals surface area contributed by atoms with E-state index in [1.54, 1.807) is 0 Å². The summed E-state index contributed by atoms with van der Waals surface area (Å²) in [6.07, 6.45) is 0. The van der Waals surface area contributed by atoms with Gasteiger partial charge in [-0.3, -0.25) is 4.90 Å². The van der Waals surface area contributed by atoms with E-state index in [1.807, 2.05) is 11.3 Å². The fourth-order valence-electron chi connectivity index (χ4n) is 2.09. The van der Waals surface area contributed by atoms with Crippen LogP contribution in [0.4, 0.5) is 0 Å². The number of nitrogens with one attached hydrogen (secondary N) is 1. The lowest BCUT2D eigenvalue weighted by Crippen LogP contribution is -2.54. The quantitative estimate of drug-likeness (QED) is 0.900. The number of rotatable bonds is 2. The van der Waals surface area contributed by atoms with Crippen molar-refractivity contribution in [3.63, 3.8) is 0 Å². The van der Waals surface area contributed by atoms with Crippen LogP contribution in [0, 0.1) is 0 Å². The highest BCUT2D eigenvalue weighted by atomic mass is 79.9. The Balaban J connectivity index is 2.06. The number of halogens is 1. The van der Waals surface area contributed by atoms with E-state index in [1.165, 1.54) is 9.35 Å². The third-order valence-corrected chi connectivity index (χ3v) is 4.94. The second-order valence-electron chi connectivity index (χ2n) is 4.22. The number of nitrogens with zero attached hydrogens (tertiary/aromatic N) is 1. The van der Waals surface area contributed by atoms with Crippen molar-refractivity contribution in [3.8, 4) is 0 Å². The largest absolute Gasteiger partial charge is 0.314 e. The van der Waals surface area contributed by atoms with Gasteiger partial charge in [0.15, 0.2) is 0 Å². The number of hydrogen-bond acceptors (Lipinski definition) is 3. The van der Waals surface area contributed by atoms with E-state index in [9.17, 15) is 0 Å². The second kappa shape index (κ2) is 4.95. The maximum absolute atomic E-state index is 3.60. The molecule has 0 unspecified atom stereocenters. The average molecular weight is 289 g/mol. The molecule has 1 aliphatic heterocycles. The molecule has 1 aromatic heterocycles. The van der Waals surface area contributed by atoms with Gasteiger partial charge in [-0.25, -0.2) is 0 Å². The molecule has 1 fully saturated rings. The van der Waals surface area contributed by atoms with E-state index < -0.39 is 0 Å². The summed E-state index contributed by atoms with van der Waals surface area (Å²) >= 11 is 5.44. The zero-order valence-electron chi connectivity index (χ0n) is 9.16. The van der Waals surface area contributed by atoms with Crippen LogP contribution >= 0.6 is 27.3 Å². The first-order valence-corrected chi connectivity index (χ1v) is 7.04. The summed E-state index contributed by atoms with van der Waals surface area (Å²) in [4.78, 5) is 4.02. The molecule has 2 atom stereocenters. The molecular formula is C11H17BrN2S. The SMILES string of the molecule is C[C@@H]1CNC[C@H](C)N1Cc1sccc1Br. The highest BCUT2D eigenvalue weighted by Gasteiger charge is 2.24. The molecule has 1 N–H and O–H groups in total. The van der Waals surface area contributed by atoms with Gasteiger partial charge in [0.1, 0.15) is 0 Å². The number of hydrogen-bond donors (Lipinski definition) is 1. The van der Waals surface area contributed by atoms with E-state index in [0.717, 1.165) is 19.6 Å². The summed E-state index contributed by atoms with van der Waals surface area (Å²) in [5, 5.41) is 5.61. The highest BCUT2D eigenvalue weighted by molar-refractivity contribution is 9.10. The summed E-state index contributed by atoms with van der Waals surface area (Å²) in [6.45, 7) is 7.87. The molecule has 84 valence electrons. The molecule has 0 bridgehead atoms. The van der Waals surface area contributed by atoms with Gasteiger partial charge in [0.05, 0.1) is 0 Å². The lowest BCUT2D eigenvalue weighted by atomic mass is 10.1. The molecule has 0 saturated carbocycles. The van der Waals surface area contributed by atoms with Gasteiger partial charge in [-0.2, -0.15) is 0 Å². The maximum atomic E-state index is 3.60. The van der Waals surface area contributed by atoms with Crippen molar-refractivity contribution in [2.75, 3.05) is 13.1 Å². The highest BCUT2D eigenvalue weighted by Crippen LogP contribution is 2.26. The molecular weight excluding hydrogens is 272 g/mol. The monoisotopic (exact) mass is 288 g/mol. The molecule has 0 aromatic carbocycles. The molecule has 0 amide bonds. The third-order valence-electron chi connectivity index (χ3n) is 3.03. The Morgan fingerprint density at radius 2 is 2.13 bits per heavy atom. The predicted octanol–water partition coefficient (Wildman–Crippen LogP) is 2.69. The van der Waals surface area contributed by atoms with Crippen LogP contribution in [-0.4, -0.2) is 30.1 Å². The van der Waals surface area contributed by atoms with Crippen molar-refractivity contribution in [1.82, 2.24) is 10.2 Å². The van der Waals surface area contributed by atoms with E-state index >= 15 is 0 Å². The van der Waals surface area contributed by atoms with Crippen molar-refractivity contribution in [2.45, 2.75) is 32.5 Å². The lowest BCUT2D eigenvalue weighted by Gasteiger charge is -2.39. The van der Waals surface area contributed by atoms with Crippen molar-refractivity contribution >= 4 is 27.3 Å². The van der Waals surface area contributed by atoms with Gasteiger partial charge in [-0.1, -0.05) is 0 Å². The molecule has 1 aromatic rings. The Hall–Kier alpha value is 0.100. The molecule has 1 saturated heterocycles. The topological polar surface area (TPSA) is 15.3 Å². The Bertz CT molecular complexity index is 316. The van der Waals surface area contributed by atoms with Crippen molar-refractivity contribution in [1.29, 1.82) is 0 Å². The van der Waals surface area contributed by atoms with Gasteiger partial charge < -0.3 is 5.32 Å². The van der Waals surface area contributed by atoms with Crippen molar-refractivity contribution in [2.24, 2.45) is 0 Å². The van der Waals surface area contributed by atoms with Crippen LogP contribution in [0.1, 0.15) is 18.7 Å². The first-order valence-electron chi connectivity index (χ1n) is 5.37. The standard InChI is InChI=1S/C11H17BrN2S/c1-8-5-13-6-9(2)14(8)7-11-10(12)3-4-15-11/h3-4,8-9,13H,5-7H2,1-2H3/t8-,9+. The van der Waals surface area contributed by atoms with Gasteiger partial charge in [0, 0.05) is 41.1 Å². The van der Waals surface area contributed by atoms with Crippen LogP contribution in [0.2, 0.25) is 0 Å². The first-order chi connectivity index (χ1) is 7.18. The Morgan fingerprint density at radius 1 is 1.47 bits per heavy atom. The summed E-state index contributed by atoms with van der Waals surface area (Å²) in [6, 6.07) is 3.39. The molecule has 0 aliphatic carbocycles. The van der Waals surface area contributed by atoms with Crippen LogP contribution in [0.5, 0.6) is 0 Å². The molecule has 1 aliphatic rings. The molecule has 2 rings (SSSR count). The minimum atomic E-state index is 0.628. The average Bonchev–Trinajstić information content (AvgIpc) is 2.58. The zero-order valence-corrected chi connectivity index (χ0v) is 11.6. The van der Waals surface area contributed by atoms with Crippen LogP contribution in [-0.2, 0) is 6.54 Å². The summed E-state index contributed by atoms with van der Waals surface area (Å²) in [5.41, 5.74) is 0. The molecule has 0 radical (unpaired) electrons. The third kappa shape index (κ3) is 2.61. The second-order valence-corrected chi connectivity index (χ2v) is 6.08. The maximum Gasteiger partial charge on any atom is 0.0346 e. The normalized spacial score (nSPS) is 28.2. The molecule has 4 heteroatoms. The van der Waals surface area contributed by atoms with Gasteiger partial charge in [0.25, 0.3) is 0 Å². The lowest BCUT2D eigenvalue weighted by molar-refractivity contribution is 0.110. The summed E-state index contributed by atoms with van der Waals surface area (Å²) in [5.74, 6) is 0. The van der Waals surface area contributed by atoms with Crippen LogP contribution in [0.15, 0.2) is 15.9 Å².